The maximum absolute atomic E-state index is 8.96. The fourth-order valence-corrected chi connectivity index (χ4v) is 2.48. The lowest BCUT2D eigenvalue weighted by Crippen LogP contribution is -2.11. The number of fused-ring (bicyclic) bond motifs is 1. The van der Waals surface area contributed by atoms with E-state index in [9.17, 15) is 0 Å². The standard InChI is InChI=1S/C13H14N2O2/c16-8-12-14-13(17-15-12)11-7-3-5-9-4-1-2-6-10(9)11/h1-2,4,6,11,16H,3,5,7-8H2. The monoisotopic (exact) mass is 230 g/mol. The lowest BCUT2D eigenvalue weighted by Gasteiger charge is -2.22. The molecule has 1 heterocycles. The predicted octanol–water partition coefficient (Wildman–Crippen LogP) is 2.03. The van der Waals surface area contributed by atoms with Crippen LogP contribution in [0, 0.1) is 0 Å². The second kappa shape index (κ2) is 4.30. The summed E-state index contributed by atoms with van der Waals surface area (Å²) in [6.45, 7) is -0.169. The summed E-state index contributed by atoms with van der Waals surface area (Å²) < 4.78 is 5.23. The molecule has 1 aliphatic rings. The van der Waals surface area contributed by atoms with Gasteiger partial charge in [0.2, 0.25) is 5.89 Å². The largest absolute Gasteiger partial charge is 0.388 e. The van der Waals surface area contributed by atoms with E-state index in [1.807, 2.05) is 6.07 Å². The lowest BCUT2D eigenvalue weighted by molar-refractivity contribution is 0.262. The van der Waals surface area contributed by atoms with Gasteiger partial charge in [-0.1, -0.05) is 29.4 Å². The number of aromatic nitrogens is 2. The van der Waals surface area contributed by atoms with Crippen LogP contribution in [0.4, 0.5) is 0 Å². The van der Waals surface area contributed by atoms with Crippen LogP contribution in [-0.4, -0.2) is 15.2 Å². The first-order valence-electron chi connectivity index (χ1n) is 5.89. The second-order valence-corrected chi connectivity index (χ2v) is 4.35. The van der Waals surface area contributed by atoms with Crippen molar-refractivity contribution in [3.05, 3.63) is 47.1 Å². The summed E-state index contributed by atoms with van der Waals surface area (Å²) >= 11 is 0. The van der Waals surface area contributed by atoms with Crippen LogP contribution >= 0.6 is 0 Å². The number of hydrogen-bond acceptors (Lipinski definition) is 4. The Labute approximate surface area is 99.3 Å². The lowest BCUT2D eigenvalue weighted by atomic mass is 9.83. The highest BCUT2D eigenvalue weighted by atomic mass is 16.5. The van der Waals surface area contributed by atoms with Gasteiger partial charge in [0, 0.05) is 0 Å². The Kier molecular flexibility index (Phi) is 2.65. The molecule has 88 valence electrons. The van der Waals surface area contributed by atoms with E-state index < -0.39 is 0 Å². The van der Waals surface area contributed by atoms with Crippen LogP contribution in [0.2, 0.25) is 0 Å². The molecule has 4 heteroatoms. The number of aliphatic hydroxyl groups is 1. The molecular weight excluding hydrogens is 216 g/mol. The molecule has 1 aromatic heterocycles. The van der Waals surface area contributed by atoms with Gasteiger partial charge in [-0.15, -0.1) is 0 Å². The maximum atomic E-state index is 8.96. The Morgan fingerprint density at radius 2 is 2.24 bits per heavy atom. The number of hydrogen-bond donors (Lipinski definition) is 1. The molecule has 1 aliphatic carbocycles. The molecule has 1 atom stereocenters. The highest BCUT2D eigenvalue weighted by Crippen LogP contribution is 2.35. The zero-order chi connectivity index (χ0) is 11.7. The molecule has 0 fully saturated rings. The molecule has 1 N–H and O–H groups in total. The molecule has 0 saturated heterocycles. The van der Waals surface area contributed by atoms with Crippen LogP contribution in [0.25, 0.3) is 0 Å². The molecule has 0 radical (unpaired) electrons. The third-order valence-electron chi connectivity index (χ3n) is 3.29. The Hall–Kier alpha value is -1.68. The summed E-state index contributed by atoms with van der Waals surface area (Å²) in [5, 5.41) is 12.7. The van der Waals surface area contributed by atoms with E-state index in [1.54, 1.807) is 0 Å². The van der Waals surface area contributed by atoms with Crippen LogP contribution in [0.1, 0.15) is 41.6 Å². The second-order valence-electron chi connectivity index (χ2n) is 4.35. The van der Waals surface area contributed by atoms with Crippen molar-refractivity contribution < 1.29 is 9.63 Å². The van der Waals surface area contributed by atoms with E-state index in [-0.39, 0.29) is 12.5 Å². The molecule has 17 heavy (non-hydrogen) atoms. The van der Waals surface area contributed by atoms with Gasteiger partial charge in [-0.2, -0.15) is 4.98 Å². The highest BCUT2D eigenvalue weighted by molar-refractivity contribution is 5.35. The average Bonchev–Trinajstić information content (AvgIpc) is 2.87. The molecule has 0 saturated carbocycles. The first-order valence-corrected chi connectivity index (χ1v) is 5.89. The number of aliphatic hydroxyl groups excluding tert-OH is 1. The van der Waals surface area contributed by atoms with E-state index in [0.29, 0.717) is 11.7 Å². The molecule has 1 unspecified atom stereocenters. The summed E-state index contributed by atoms with van der Waals surface area (Å²) in [5.74, 6) is 1.18. The van der Waals surface area contributed by atoms with E-state index in [0.717, 1.165) is 19.3 Å². The van der Waals surface area contributed by atoms with E-state index in [2.05, 4.69) is 28.3 Å². The van der Waals surface area contributed by atoms with Gasteiger partial charge in [-0.05, 0) is 30.4 Å². The minimum atomic E-state index is -0.169. The Morgan fingerprint density at radius 1 is 1.35 bits per heavy atom. The van der Waals surface area contributed by atoms with Crippen molar-refractivity contribution in [3.63, 3.8) is 0 Å². The minimum absolute atomic E-state index is 0.169. The summed E-state index contributed by atoms with van der Waals surface area (Å²) in [6.07, 6.45) is 3.29. The molecule has 1 aromatic carbocycles. The Bertz CT molecular complexity index is 522. The maximum Gasteiger partial charge on any atom is 0.234 e. The van der Waals surface area contributed by atoms with Crippen LogP contribution in [0.15, 0.2) is 28.8 Å². The average molecular weight is 230 g/mol. The molecule has 0 spiro atoms. The fraction of sp³-hybridized carbons (Fsp3) is 0.385. The molecule has 0 aliphatic heterocycles. The zero-order valence-electron chi connectivity index (χ0n) is 9.47. The number of rotatable bonds is 2. The topological polar surface area (TPSA) is 59.2 Å². The summed E-state index contributed by atoms with van der Waals surface area (Å²) in [4.78, 5) is 4.22. The number of nitrogens with zero attached hydrogens (tertiary/aromatic N) is 2. The fourth-order valence-electron chi connectivity index (χ4n) is 2.48. The van der Waals surface area contributed by atoms with Crippen molar-refractivity contribution in [2.45, 2.75) is 31.8 Å². The van der Waals surface area contributed by atoms with Crippen molar-refractivity contribution in [1.29, 1.82) is 0 Å². The van der Waals surface area contributed by atoms with Crippen LogP contribution in [0.3, 0.4) is 0 Å². The molecule has 0 amide bonds. The van der Waals surface area contributed by atoms with E-state index in [1.165, 1.54) is 11.1 Å². The first kappa shape index (κ1) is 10.5. The van der Waals surface area contributed by atoms with Gasteiger partial charge in [0.15, 0.2) is 5.82 Å². The molecule has 3 rings (SSSR count). The van der Waals surface area contributed by atoms with Gasteiger partial charge in [-0.25, -0.2) is 0 Å². The third kappa shape index (κ3) is 1.85. The van der Waals surface area contributed by atoms with Crippen LogP contribution in [-0.2, 0) is 13.0 Å². The SMILES string of the molecule is OCc1noc(C2CCCc3ccccc32)n1. The summed E-state index contributed by atoms with van der Waals surface area (Å²) in [7, 11) is 0. The number of benzene rings is 1. The van der Waals surface area contributed by atoms with Gasteiger partial charge >= 0.3 is 0 Å². The van der Waals surface area contributed by atoms with Crippen molar-refractivity contribution >= 4 is 0 Å². The Balaban J connectivity index is 1.99. The van der Waals surface area contributed by atoms with Gasteiger partial charge in [0.1, 0.15) is 6.61 Å². The molecule has 4 nitrogen and oxygen atoms in total. The molecular formula is C13H14N2O2. The van der Waals surface area contributed by atoms with Gasteiger partial charge in [0.05, 0.1) is 5.92 Å². The summed E-state index contributed by atoms with van der Waals surface area (Å²) in [5.41, 5.74) is 2.65. The first-order chi connectivity index (χ1) is 8.38. The normalized spacial score (nSPS) is 19.0. The zero-order valence-corrected chi connectivity index (χ0v) is 9.47. The molecule has 2 aromatic rings. The van der Waals surface area contributed by atoms with Gasteiger partial charge < -0.3 is 9.63 Å². The highest BCUT2D eigenvalue weighted by Gasteiger charge is 2.26. The smallest absolute Gasteiger partial charge is 0.234 e. The quantitative estimate of drug-likeness (QED) is 0.857. The number of aryl methyl sites for hydroxylation is 1. The van der Waals surface area contributed by atoms with Gasteiger partial charge in [0.25, 0.3) is 0 Å². The van der Waals surface area contributed by atoms with Crippen LogP contribution < -0.4 is 0 Å². The minimum Gasteiger partial charge on any atom is -0.388 e. The van der Waals surface area contributed by atoms with Crippen molar-refractivity contribution in [2.24, 2.45) is 0 Å². The van der Waals surface area contributed by atoms with Gasteiger partial charge in [-0.3, -0.25) is 0 Å². The Morgan fingerprint density at radius 3 is 3.06 bits per heavy atom. The van der Waals surface area contributed by atoms with Crippen molar-refractivity contribution in [1.82, 2.24) is 10.1 Å². The van der Waals surface area contributed by atoms with E-state index in [4.69, 9.17) is 9.63 Å². The van der Waals surface area contributed by atoms with E-state index >= 15 is 0 Å². The molecule has 0 bridgehead atoms. The van der Waals surface area contributed by atoms with Crippen LogP contribution in [0.5, 0.6) is 0 Å². The predicted molar refractivity (Wildman–Crippen MR) is 61.4 cm³/mol. The summed E-state index contributed by atoms with van der Waals surface area (Å²) in [6, 6.07) is 8.39. The van der Waals surface area contributed by atoms with Crippen molar-refractivity contribution in [2.75, 3.05) is 0 Å². The third-order valence-corrected chi connectivity index (χ3v) is 3.29. The van der Waals surface area contributed by atoms with Crippen molar-refractivity contribution in [3.8, 4) is 0 Å².